The zero-order valence-corrected chi connectivity index (χ0v) is 17.7. The maximum atomic E-state index is 12.9. The molecular formula is C24H30N2O4. The minimum Gasteiger partial charge on any atom is -0.496 e. The smallest absolute Gasteiger partial charge is 0.253 e. The summed E-state index contributed by atoms with van der Waals surface area (Å²) >= 11 is 0. The van der Waals surface area contributed by atoms with Gasteiger partial charge in [0, 0.05) is 50.4 Å². The molecule has 6 heteroatoms. The van der Waals surface area contributed by atoms with E-state index in [9.17, 15) is 9.59 Å². The van der Waals surface area contributed by atoms with Crippen molar-refractivity contribution in [3.63, 3.8) is 0 Å². The van der Waals surface area contributed by atoms with Gasteiger partial charge in [-0.15, -0.1) is 0 Å². The summed E-state index contributed by atoms with van der Waals surface area (Å²) in [6, 6.07) is 15.4. The van der Waals surface area contributed by atoms with E-state index in [0.717, 1.165) is 23.3 Å². The van der Waals surface area contributed by atoms with Crippen LogP contribution in [0.1, 0.15) is 29.6 Å². The van der Waals surface area contributed by atoms with Crippen LogP contribution >= 0.6 is 0 Å². The lowest BCUT2D eigenvalue weighted by atomic mass is 9.95. The van der Waals surface area contributed by atoms with E-state index in [1.54, 1.807) is 14.2 Å². The maximum Gasteiger partial charge on any atom is 0.253 e. The van der Waals surface area contributed by atoms with Gasteiger partial charge in [-0.2, -0.15) is 0 Å². The van der Waals surface area contributed by atoms with Crippen molar-refractivity contribution >= 4 is 11.8 Å². The van der Waals surface area contributed by atoms with Crippen LogP contribution in [0.5, 0.6) is 5.75 Å². The highest BCUT2D eigenvalue weighted by atomic mass is 16.5. The number of ether oxygens (including phenoxy) is 2. The predicted molar refractivity (Wildman–Crippen MR) is 117 cm³/mol. The van der Waals surface area contributed by atoms with E-state index in [4.69, 9.17) is 9.47 Å². The molecule has 1 aliphatic rings. The van der Waals surface area contributed by atoms with E-state index in [1.807, 2.05) is 53.4 Å². The number of carbonyl (C=O) groups is 2. The zero-order valence-electron chi connectivity index (χ0n) is 17.7. The van der Waals surface area contributed by atoms with Crippen LogP contribution in [0.15, 0.2) is 48.5 Å². The fraction of sp³-hybridized carbons (Fsp3) is 0.417. The molecule has 0 radical (unpaired) electrons. The predicted octanol–water partition coefficient (Wildman–Crippen LogP) is 3.37. The molecule has 3 rings (SSSR count). The van der Waals surface area contributed by atoms with Gasteiger partial charge in [0.15, 0.2) is 0 Å². The van der Waals surface area contributed by atoms with Crippen molar-refractivity contribution in [3.05, 3.63) is 54.1 Å². The Kier molecular flexibility index (Phi) is 7.85. The third-order valence-corrected chi connectivity index (χ3v) is 5.53. The highest BCUT2D eigenvalue weighted by Crippen LogP contribution is 2.30. The number of hydrogen-bond acceptors (Lipinski definition) is 4. The number of nitrogens with zero attached hydrogens (tertiary/aromatic N) is 1. The molecule has 0 spiro atoms. The van der Waals surface area contributed by atoms with E-state index < -0.39 is 0 Å². The van der Waals surface area contributed by atoms with Gasteiger partial charge >= 0.3 is 0 Å². The summed E-state index contributed by atoms with van der Waals surface area (Å²) in [5.74, 6) is 0.878. The van der Waals surface area contributed by atoms with Gasteiger partial charge in [-0.05, 0) is 43.0 Å². The first kappa shape index (κ1) is 21.8. The topological polar surface area (TPSA) is 67.9 Å². The highest BCUT2D eigenvalue weighted by molar-refractivity contribution is 5.95. The molecule has 1 saturated heterocycles. The van der Waals surface area contributed by atoms with Crippen molar-refractivity contribution in [2.45, 2.75) is 19.3 Å². The van der Waals surface area contributed by atoms with Gasteiger partial charge in [0.1, 0.15) is 5.75 Å². The average molecular weight is 411 g/mol. The quantitative estimate of drug-likeness (QED) is 0.678. The molecule has 1 fully saturated rings. The van der Waals surface area contributed by atoms with Gasteiger partial charge in [0.2, 0.25) is 5.91 Å². The lowest BCUT2D eigenvalue weighted by Crippen LogP contribution is -2.43. The molecule has 0 aliphatic carbocycles. The van der Waals surface area contributed by atoms with E-state index in [0.29, 0.717) is 44.6 Å². The van der Waals surface area contributed by atoms with Gasteiger partial charge in [-0.25, -0.2) is 0 Å². The Balaban J connectivity index is 1.54. The van der Waals surface area contributed by atoms with Crippen LogP contribution in [-0.2, 0) is 9.53 Å². The van der Waals surface area contributed by atoms with Gasteiger partial charge in [0.05, 0.1) is 7.11 Å². The van der Waals surface area contributed by atoms with Crippen LogP contribution in [0.4, 0.5) is 0 Å². The Labute approximate surface area is 178 Å². The summed E-state index contributed by atoms with van der Waals surface area (Å²) in [7, 11) is 3.31. The normalized spacial score (nSPS) is 14.4. The number of piperidine rings is 1. The van der Waals surface area contributed by atoms with Crippen LogP contribution in [-0.4, -0.2) is 57.2 Å². The molecule has 160 valence electrons. The Bertz CT molecular complexity index is 843. The summed E-state index contributed by atoms with van der Waals surface area (Å²) in [5, 5.41) is 2.96. The number of methoxy groups -OCH3 is 2. The molecule has 0 aromatic heterocycles. The van der Waals surface area contributed by atoms with Crippen molar-refractivity contribution in [2.75, 3.05) is 40.5 Å². The Hall–Kier alpha value is -2.86. The fourth-order valence-electron chi connectivity index (χ4n) is 3.78. The zero-order chi connectivity index (χ0) is 21.3. The first-order valence-corrected chi connectivity index (χ1v) is 10.4. The van der Waals surface area contributed by atoms with Gasteiger partial charge in [-0.3, -0.25) is 9.59 Å². The number of carbonyl (C=O) groups excluding carboxylic acids is 2. The average Bonchev–Trinajstić information content (AvgIpc) is 2.81. The van der Waals surface area contributed by atoms with E-state index in [1.165, 1.54) is 0 Å². The third kappa shape index (κ3) is 5.39. The number of benzene rings is 2. The van der Waals surface area contributed by atoms with E-state index >= 15 is 0 Å². The summed E-state index contributed by atoms with van der Waals surface area (Å²) in [4.78, 5) is 27.0. The first-order valence-electron chi connectivity index (χ1n) is 10.4. The molecule has 0 bridgehead atoms. The number of hydrogen-bond donors (Lipinski definition) is 1. The molecule has 0 atom stereocenters. The minimum absolute atomic E-state index is 0.0144. The van der Waals surface area contributed by atoms with Crippen molar-refractivity contribution in [3.8, 4) is 16.9 Å². The van der Waals surface area contributed by atoms with E-state index in [-0.39, 0.29) is 17.7 Å². The lowest BCUT2D eigenvalue weighted by Gasteiger charge is -2.31. The van der Waals surface area contributed by atoms with Crippen LogP contribution in [0.2, 0.25) is 0 Å². The third-order valence-electron chi connectivity index (χ3n) is 5.53. The van der Waals surface area contributed by atoms with Gasteiger partial charge in [0.25, 0.3) is 5.91 Å². The summed E-state index contributed by atoms with van der Waals surface area (Å²) in [6.07, 6.45) is 2.20. The summed E-state index contributed by atoms with van der Waals surface area (Å²) in [6.45, 7) is 2.47. The second kappa shape index (κ2) is 10.8. The lowest BCUT2D eigenvalue weighted by molar-refractivity contribution is -0.126. The van der Waals surface area contributed by atoms with Crippen LogP contribution in [0.3, 0.4) is 0 Å². The molecule has 2 aromatic rings. The van der Waals surface area contributed by atoms with Gasteiger partial charge in [-0.1, -0.05) is 30.3 Å². The molecule has 30 heavy (non-hydrogen) atoms. The number of amides is 2. The molecule has 1 N–H and O–H groups in total. The molecule has 2 aromatic carbocycles. The number of para-hydroxylation sites is 1. The molecule has 2 amide bonds. The monoisotopic (exact) mass is 410 g/mol. The SMILES string of the molecule is COCCCNC(=O)C1CCN(C(=O)c2ccc(-c3ccccc3OC)cc2)CC1. The first-order chi connectivity index (χ1) is 14.6. The second-order valence-electron chi connectivity index (χ2n) is 7.48. The molecule has 0 unspecified atom stereocenters. The fourth-order valence-corrected chi connectivity index (χ4v) is 3.78. The number of rotatable bonds is 8. The molecule has 6 nitrogen and oxygen atoms in total. The van der Waals surface area contributed by atoms with Crippen molar-refractivity contribution in [1.82, 2.24) is 10.2 Å². The second-order valence-corrected chi connectivity index (χ2v) is 7.48. The summed E-state index contributed by atoms with van der Waals surface area (Å²) < 4.78 is 10.4. The van der Waals surface area contributed by atoms with Crippen LogP contribution < -0.4 is 10.1 Å². The van der Waals surface area contributed by atoms with Crippen molar-refractivity contribution in [1.29, 1.82) is 0 Å². The molecule has 1 heterocycles. The standard InChI is InChI=1S/C24H30N2O4/c1-29-17-5-14-25-23(27)19-12-15-26(16-13-19)24(28)20-10-8-18(9-11-20)21-6-3-4-7-22(21)30-2/h3-4,6-11,19H,5,12-17H2,1-2H3,(H,25,27). The van der Waals surface area contributed by atoms with Gasteiger partial charge < -0.3 is 19.7 Å². The van der Waals surface area contributed by atoms with Crippen LogP contribution in [0.25, 0.3) is 11.1 Å². The largest absolute Gasteiger partial charge is 0.496 e. The molecule has 0 saturated carbocycles. The van der Waals surface area contributed by atoms with Crippen molar-refractivity contribution in [2.24, 2.45) is 5.92 Å². The number of likely N-dealkylation sites (tertiary alicyclic amines) is 1. The molecular weight excluding hydrogens is 380 g/mol. The van der Waals surface area contributed by atoms with Crippen molar-refractivity contribution < 1.29 is 19.1 Å². The Morgan fingerprint density at radius 2 is 1.73 bits per heavy atom. The Morgan fingerprint density at radius 1 is 1.03 bits per heavy atom. The maximum absolute atomic E-state index is 12.9. The van der Waals surface area contributed by atoms with Crippen LogP contribution in [0, 0.1) is 5.92 Å². The highest BCUT2D eigenvalue weighted by Gasteiger charge is 2.27. The molecule has 1 aliphatic heterocycles. The minimum atomic E-state index is -0.0236. The Morgan fingerprint density at radius 3 is 2.40 bits per heavy atom. The summed E-state index contributed by atoms with van der Waals surface area (Å²) in [5.41, 5.74) is 2.67. The number of nitrogens with one attached hydrogen (secondary N) is 1. The van der Waals surface area contributed by atoms with E-state index in [2.05, 4.69) is 5.32 Å².